The molecule has 3 rings (SSSR count). The van der Waals surface area contributed by atoms with Crippen molar-refractivity contribution in [3.8, 4) is 0 Å². The number of sulfonamides is 1. The number of halogens is 1. The molecule has 22 heavy (non-hydrogen) atoms. The van der Waals surface area contributed by atoms with E-state index in [-0.39, 0.29) is 12.2 Å². The first-order valence-corrected chi connectivity index (χ1v) is 9.04. The van der Waals surface area contributed by atoms with Crippen LogP contribution in [-0.4, -0.2) is 38.0 Å². The Labute approximate surface area is 135 Å². The van der Waals surface area contributed by atoms with E-state index < -0.39 is 10.0 Å². The third kappa shape index (κ3) is 2.74. The maximum Gasteiger partial charge on any atom is 0.243 e. The number of hydrogen-bond donors (Lipinski definition) is 0. The van der Waals surface area contributed by atoms with Crippen LogP contribution in [0.1, 0.15) is 13.8 Å². The zero-order valence-corrected chi connectivity index (χ0v) is 14.1. The molecule has 1 fully saturated rings. The van der Waals surface area contributed by atoms with Gasteiger partial charge in [-0.15, -0.1) is 0 Å². The molecule has 0 unspecified atom stereocenters. The molecule has 0 radical (unpaired) electrons. The first kappa shape index (κ1) is 15.7. The van der Waals surface area contributed by atoms with E-state index in [9.17, 15) is 8.42 Å². The van der Waals surface area contributed by atoms with Gasteiger partial charge in [-0.05, 0) is 26.0 Å². The molecule has 4 nitrogen and oxygen atoms in total. The van der Waals surface area contributed by atoms with Crippen LogP contribution >= 0.6 is 11.6 Å². The van der Waals surface area contributed by atoms with Gasteiger partial charge in [-0.3, -0.25) is 0 Å². The van der Waals surface area contributed by atoms with Crippen LogP contribution in [0, 0.1) is 0 Å². The summed E-state index contributed by atoms with van der Waals surface area (Å²) in [5, 5.41) is 1.96. The minimum absolute atomic E-state index is 0.114. The Morgan fingerprint density at radius 1 is 1.05 bits per heavy atom. The molecule has 0 N–H and O–H groups in total. The molecule has 1 heterocycles. The number of rotatable bonds is 2. The van der Waals surface area contributed by atoms with E-state index in [1.54, 1.807) is 18.2 Å². The Hall–Kier alpha value is -1.14. The molecule has 1 aliphatic rings. The minimum Gasteiger partial charge on any atom is -0.373 e. The standard InChI is InChI=1S/C16H18ClNO3S/c1-11-9-18(10-12(2)21-11)22(19,20)16-8-7-15(17)13-5-3-4-6-14(13)16/h3-8,11-12H,9-10H2,1-2H3/t11-,12-/m0/s1. The number of hydrogen-bond acceptors (Lipinski definition) is 3. The zero-order valence-electron chi connectivity index (χ0n) is 12.5. The molecule has 6 heteroatoms. The van der Waals surface area contributed by atoms with Gasteiger partial charge in [0.25, 0.3) is 0 Å². The number of ether oxygens (including phenoxy) is 1. The van der Waals surface area contributed by atoms with Crippen molar-refractivity contribution in [1.82, 2.24) is 4.31 Å². The first-order chi connectivity index (χ1) is 10.4. The van der Waals surface area contributed by atoms with Crippen LogP contribution < -0.4 is 0 Å². The molecule has 0 spiro atoms. The normalized spacial score (nSPS) is 23.8. The monoisotopic (exact) mass is 339 g/mol. The minimum atomic E-state index is -3.58. The molecule has 2 atom stereocenters. The van der Waals surface area contributed by atoms with Crippen LogP contribution in [0.2, 0.25) is 5.02 Å². The smallest absolute Gasteiger partial charge is 0.243 e. The molecule has 118 valence electrons. The van der Waals surface area contributed by atoms with Gasteiger partial charge in [-0.1, -0.05) is 35.9 Å². The van der Waals surface area contributed by atoms with Gasteiger partial charge >= 0.3 is 0 Å². The summed E-state index contributed by atoms with van der Waals surface area (Å²) in [6, 6.07) is 10.5. The second-order valence-electron chi connectivity index (χ2n) is 5.67. The third-order valence-electron chi connectivity index (χ3n) is 3.83. The van der Waals surface area contributed by atoms with Crippen LogP contribution in [-0.2, 0) is 14.8 Å². The van der Waals surface area contributed by atoms with Crippen LogP contribution in [0.4, 0.5) is 0 Å². The van der Waals surface area contributed by atoms with Crippen molar-refractivity contribution in [2.45, 2.75) is 31.0 Å². The largest absolute Gasteiger partial charge is 0.373 e. The van der Waals surface area contributed by atoms with E-state index in [4.69, 9.17) is 16.3 Å². The molecule has 2 aromatic carbocycles. The predicted octanol–water partition coefficient (Wildman–Crippen LogP) is 3.29. The number of benzene rings is 2. The molecular weight excluding hydrogens is 322 g/mol. The van der Waals surface area contributed by atoms with Crippen molar-refractivity contribution in [3.63, 3.8) is 0 Å². The quantitative estimate of drug-likeness (QED) is 0.843. The lowest BCUT2D eigenvalue weighted by atomic mass is 10.1. The summed E-state index contributed by atoms with van der Waals surface area (Å²) in [6.45, 7) is 4.50. The summed E-state index contributed by atoms with van der Waals surface area (Å²) in [7, 11) is -3.58. The third-order valence-corrected chi connectivity index (χ3v) is 6.05. The highest BCUT2D eigenvalue weighted by atomic mass is 35.5. The van der Waals surface area contributed by atoms with E-state index >= 15 is 0 Å². The Bertz CT molecular complexity index is 796. The van der Waals surface area contributed by atoms with Gasteiger partial charge in [-0.25, -0.2) is 8.42 Å². The highest BCUT2D eigenvalue weighted by molar-refractivity contribution is 7.89. The fourth-order valence-corrected chi connectivity index (χ4v) is 4.94. The molecule has 0 aliphatic carbocycles. The van der Waals surface area contributed by atoms with Crippen molar-refractivity contribution in [3.05, 3.63) is 41.4 Å². The summed E-state index contributed by atoms with van der Waals surface area (Å²) >= 11 is 6.18. The van der Waals surface area contributed by atoms with Crippen molar-refractivity contribution in [2.24, 2.45) is 0 Å². The molecule has 1 aliphatic heterocycles. The van der Waals surface area contributed by atoms with Crippen molar-refractivity contribution in [2.75, 3.05) is 13.1 Å². The Kier molecular flexibility index (Phi) is 4.16. The van der Waals surface area contributed by atoms with Gasteiger partial charge in [0.2, 0.25) is 10.0 Å². The van der Waals surface area contributed by atoms with E-state index in [2.05, 4.69) is 0 Å². The molecule has 1 saturated heterocycles. The summed E-state index contributed by atoms with van der Waals surface area (Å²) in [5.41, 5.74) is 0. The second kappa shape index (κ2) is 5.81. The zero-order chi connectivity index (χ0) is 15.9. The van der Waals surface area contributed by atoms with Gasteiger partial charge in [0.15, 0.2) is 0 Å². The van der Waals surface area contributed by atoms with Crippen molar-refractivity contribution < 1.29 is 13.2 Å². The van der Waals surface area contributed by atoms with Gasteiger partial charge < -0.3 is 4.74 Å². The van der Waals surface area contributed by atoms with E-state index in [1.807, 2.05) is 32.0 Å². The van der Waals surface area contributed by atoms with Gasteiger partial charge in [0.05, 0.1) is 17.1 Å². The first-order valence-electron chi connectivity index (χ1n) is 7.22. The number of fused-ring (bicyclic) bond motifs is 1. The average Bonchev–Trinajstić information content (AvgIpc) is 2.46. The number of nitrogens with zero attached hydrogens (tertiary/aromatic N) is 1. The molecule has 0 amide bonds. The summed E-state index contributed by atoms with van der Waals surface area (Å²) < 4.78 is 33.2. The topological polar surface area (TPSA) is 46.6 Å². The number of morpholine rings is 1. The fourth-order valence-electron chi connectivity index (χ4n) is 2.93. The molecule has 2 aromatic rings. The Morgan fingerprint density at radius 3 is 2.27 bits per heavy atom. The maximum absolute atomic E-state index is 13.0. The second-order valence-corrected chi connectivity index (χ2v) is 7.98. The lowest BCUT2D eigenvalue weighted by molar-refractivity contribution is -0.0440. The fraction of sp³-hybridized carbons (Fsp3) is 0.375. The molecule has 0 bridgehead atoms. The van der Waals surface area contributed by atoms with Gasteiger partial charge in [-0.2, -0.15) is 4.31 Å². The van der Waals surface area contributed by atoms with E-state index in [0.717, 1.165) is 5.39 Å². The predicted molar refractivity (Wildman–Crippen MR) is 87.7 cm³/mol. The van der Waals surface area contributed by atoms with Crippen molar-refractivity contribution in [1.29, 1.82) is 0 Å². The summed E-state index contributed by atoms with van der Waals surface area (Å²) in [5.74, 6) is 0. The molecular formula is C16H18ClNO3S. The average molecular weight is 340 g/mol. The van der Waals surface area contributed by atoms with Crippen LogP contribution in [0.3, 0.4) is 0 Å². The lowest BCUT2D eigenvalue weighted by Gasteiger charge is -2.34. The lowest BCUT2D eigenvalue weighted by Crippen LogP contribution is -2.48. The Morgan fingerprint density at radius 2 is 1.64 bits per heavy atom. The highest BCUT2D eigenvalue weighted by Crippen LogP contribution is 2.31. The highest BCUT2D eigenvalue weighted by Gasteiger charge is 2.33. The summed E-state index contributed by atoms with van der Waals surface area (Å²) in [4.78, 5) is 0.300. The Balaban J connectivity index is 2.12. The van der Waals surface area contributed by atoms with Crippen LogP contribution in [0.25, 0.3) is 10.8 Å². The molecule has 0 saturated carbocycles. The van der Waals surface area contributed by atoms with Gasteiger partial charge in [0.1, 0.15) is 0 Å². The molecule has 0 aromatic heterocycles. The summed E-state index contributed by atoms with van der Waals surface area (Å²) in [6.07, 6.45) is -0.228. The van der Waals surface area contributed by atoms with Crippen LogP contribution in [0.5, 0.6) is 0 Å². The van der Waals surface area contributed by atoms with Crippen molar-refractivity contribution >= 4 is 32.4 Å². The van der Waals surface area contributed by atoms with Gasteiger partial charge in [0, 0.05) is 28.9 Å². The van der Waals surface area contributed by atoms with E-state index in [0.29, 0.717) is 28.4 Å². The SMILES string of the molecule is C[C@H]1CN(S(=O)(=O)c2ccc(Cl)c3ccccc23)C[C@H](C)O1. The maximum atomic E-state index is 13.0. The van der Waals surface area contributed by atoms with Crippen LogP contribution in [0.15, 0.2) is 41.3 Å². The van der Waals surface area contributed by atoms with E-state index in [1.165, 1.54) is 4.31 Å².